The Labute approximate surface area is 117 Å². The first kappa shape index (κ1) is 21.8. The Balaban J connectivity index is -0.000000750. The van der Waals surface area contributed by atoms with Crippen LogP contribution in [0.1, 0.15) is 17.3 Å². The molecule has 0 fully saturated rings. The van der Waals surface area contributed by atoms with Crippen LogP contribution in [0.25, 0.3) is 0 Å². The molecule has 1 heterocycles. The zero-order chi connectivity index (χ0) is 11.3. The van der Waals surface area contributed by atoms with E-state index in [1.54, 1.807) is 0 Å². The number of carbonyl (C=O) groups is 2. The van der Waals surface area contributed by atoms with Gasteiger partial charge in [-0.25, -0.2) is 0 Å². The van der Waals surface area contributed by atoms with Gasteiger partial charge < -0.3 is 11.2 Å². The van der Waals surface area contributed by atoms with Gasteiger partial charge in [-0.15, -0.1) is 24.8 Å². The summed E-state index contributed by atoms with van der Waals surface area (Å²) >= 11 is 0. The fourth-order valence-corrected chi connectivity index (χ4v) is 0.808. The Morgan fingerprint density at radius 3 is 2.17 bits per heavy atom. The molecule has 0 aliphatic carbocycles. The third-order valence-corrected chi connectivity index (χ3v) is 1.66. The number of nitrogens with one attached hydrogen (secondary N) is 2. The summed E-state index contributed by atoms with van der Waals surface area (Å²) in [5.74, 6) is -0.858. The Hall–Kier alpha value is -1.41. The van der Waals surface area contributed by atoms with E-state index in [1.165, 1.54) is 31.5 Å². The number of hydrazine groups is 1. The van der Waals surface area contributed by atoms with E-state index in [-0.39, 0.29) is 30.3 Å². The molecule has 0 aliphatic rings. The lowest BCUT2D eigenvalue weighted by Gasteiger charge is -2.08. The van der Waals surface area contributed by atoms with Crippen molar-refractivity contribution in [1.29, 1.82) is 0 Å². The third-order valence-electron chi connectivity index (χ3n) is 1.66. The van der Waals surface area contributed by atoms with E-state index in [0.29, 0.717) is 5.56 Å². The van der Waals surface area contributed by atoms with Crippen LogP contribution in [0.15, 0.2) is 24.5 Å². The Morgan fingerprint density at radius 2 is 1.72 bits per heavy atom. The van der Waals surface area contributed by atoms with E-state index in [0.717, 1.165) is 0 Å². The highest BCUT2D eigenvalue weighted by atomic mass is 35.5. The maximum Gasteiger partial charge on any atom is 0.269 e. The van der Waals surface area contributed by atoms with Gasteiger partial charge in [-0.05, 0) is 19.1 Å². The molecule has 104 valence electrons. The number of nitrogens with two attached hydrogens (primary N) is 1. The molecule has 0 saturated carbocycles. The van der Waals surface area contributed by atoms with Crippen molar-refractivity contribution in [1.82, 2.24) is 15.8 Å². The molecule has 0 unspecified atom stereocenters. The van der Waals surface area contributed by atoms with Crippen molar-refractivity contribution in [3.63, 3.8) is 0 Å². The molecule has 9 heteroatoms. The summed E-state index contributed by atoms with van der Waals surface area (Å²) < 4.78 is 0. The van der Waals surface area contributed by atoms with Crippen molar-refractivity contribution >= 4 is 36.6 Å². The number of hydrogen-bond donors (Lipinski definition) is 3. The molecule has 0 bridgehead atoms. The van der Waals surface area contributed by atoms with Crippen LogP contribution in [-0.2, 0) is 4.79 Å². The molecule has 7 nitrogen and oxygen atoms in total. The topological polar surface area (TPSA) is 129 Å². The van der Waals surface area contributed by atoms with Gasteiger partial charge in [0.1, 0.15) is 0 Å². The van der Waals surface area contributed by atoms with Gasteiger partial charge in [-0.1, -0.05) is 0 Å². The highest BCUT2D eigenvalue weighted by molar-refractivity contribution is 5.95. The van der Waals surface area contributed by atoms with Crippen molar-refractivity contribution in [2.24, 2.45) is 5.73 Å². The summed E-state index contributed by atoms with van der Waals surface area (Å²) in [5.41, 5.74) is 10.1. The molecule has 6 N–H and O–H groups in total. The van der Waals surface area contributed by atoms with Crippen LogP contribution in [0, 0.1) is 0 Å². The molecule has 0 radical (unpaired) electrons. The van der Waals surface area contributed by atoms with E-state index >= 15 is 0 Å². The van der Waals surface area contributed by atoms with Gasteiger partial charge in [-0.2, -0.15) is 0 Å². The van der Waals surface area contributed by atoms with E-state index in [1.807, 2.05) is 0 Å². The molecule has 1 rings (SSSR count). The molecule has 2 amide bonds. The van der Waals surface area contributed by atoms with Gasteiger partial charge >= 0.3 is 0 Å². The van der Waals surface area contributed by atoms with Crippen molar-refractivity contribution in [3.05, 3.63) is 30.1 Å². The average Bonchev–Trinajstić information content (AvgIpc) is 2.26. The molecule has 1 aromatic rings. The van der Waals surface area contributed by atoms with Crippen LogP contribution >= 0.6 is 24.8 Å². The van der Waals surface area contributed by atoms with E-state index in [2.05, 4.69) is 15.8 Å². The van der Waals surface area contributed by atoms with Gasteiger partial charge in [0.2, 0.25) is 0 Å². The first-order valence-electron chi connectivity index (χ1n) is 4.37. The third kappa shape index (κ3) is 7.02. The summed E-state index contributed by atoms with van der Waals surface area (Å²) in [6.07, 6.45) is 2.98. The Kier molecular flexibility index (Phi) is 13.0. The maximum absolute atomic E-state index is 11.4. The number of hydrogen-bond acceptors (Lipinski definition) is 4. The standard InChI is InChI=1S/C9H12N4O2.2ClH.H2O/c1-6(10)8(14)12-13-9(15)7-2-4-11-5-3-7;;;/h2-6H,10H2,1H3,(H,12,14)(H,13,15);2*1H;1H2/t6-;;;/m0.../s1. The second kappa shape index (κ2) is 10.7. The molecule has 0 spiro atoms. The minimum Gasteiger partial charge on any atom is -0.412 e. The van der Waals surface area contributed by atoms with Crippen LogP contribution in [0.3, 0.4) is 0 Å². The smallest absolute Gasteiger partial charge is 0.269 e. The largest absolute Gasteiger partial charge is 0.412 e. The summed E-state index contributed by atoms with van der Waals surface area (Å²) in [6.45, 7) is 1.52. The number of halogens is 2. The zero-order valence-electron chi connectivity index (χ0n) is 9.54. The second-order valence-corrected chi connectivity index (χ2v) is 2.97. The Bertz CT molecular complexity index is 362. The normalized spacial score (nSPS) is 9.67. The summed E-state index contributed by atoms with van der Waals surface area (Å²) in [5, 5.41) is 0. The fraction of sp³-hybridized carbons (Fsp3) is 0.222. The lowest BCUT2D eigenvalue weighted by Crippen LogP contribution is -2.48. The molecule has 1 atom stereocenters. The van der Waals surface area contributed by atoms with E-state index in [4.69, 9.17) is 5.73 Å². The highest BCUT2D eigenvalue weighted by Crippen LogP contribution is 1.94. The van der Waals surface area contributed by atoms with Gasteiger partial charge in [0.25, 0.3) is 11.8 Å². The first-order valence-corrected chi connectivity index (χ1v) is 4.37. The SMILES string of the molecule is C[C@H](N)C(=O)NNC(=O)c1ccncc1.Cl.Cl.O. The van der Waals surface area contributed by atoms with E-state index < -0.39 is 17.9 Å². The lowest BCUT2D eigenvalue weighted by molar-refractivity contribution is -0.122. The minimum absolute atomic E-state index is 0. The van der Waals surface area contributed by atoms with Gasteiger partial charge in [-0.3, -0.25) is 25.4 Å². The Morgan fingerprint density at radius 1 is 1.22 bits per heavy atom. The molecule has 0 aliphatic heterocycles. The maximum atomic E-state index is 11.4. The number of pyridine rings is 1. The highest BCUT2D eigenvalue weighted by Gasteiger charge is 2.09. The number of carbonyl (C=O) groups excluding carboxylic acids is 2. The van der Waals surface area contributed by atoms with Crippen LogP contribution in [0.5, 0.6) is 0 Å². The summed E-state index contributed by atoms with van der Waals surface area (Å²) in [6, 6.07) is 2.41. The number of nitrogens with zero attached hydrogens (tertiary/aromatic N) is 1. The molecular weight excluding hydrogens is 283 g/mol. The summed E-state index contributed by atoms with van der Waals surface area (Å²) in [7, 11) is 0. The zero-order valence-corrected chi connectivity index (χ0v) is 11.2. The molecular formula is C9H16Cl2N4O3. The average molecular weight is 299 g/mol. The van der Waals surface area contributed by atoms with Crippen LogP contribution in [-0.4, -0.2) is 28.3 Å². The van der Waals surface area contributed by atoms with Crippen LogP contribution in [0.4, 0.5) is 0 Å². The van der Waals surface area contributed by atoms with Crippen molar-refractivity contribution in [2.45, 2.75) is 13.0 Å². The molecule has 1 aromatic heterocycles. The van der Waals surface area contributed by atoms with Crippen molar-refractivity contribution < 1.29 is 15.1 Å². The van der Waals surface area contributed by atoms with Crippen LogP contribution in [0.2, 0.25) is 0 Å². The predicted molar refractivity (Wildman–Crippen MR) is 71.6 cm³/mol. The molecule has 0 saturated heterocycles. The summed E-state index contributed by atoms with van der Waals surface area (Å²) in [4.78, 5) is 26.2. The van der Waals surface area contributed by atoms with E-state index in [9.17, 15) is 9.59 Å². The lowest BCUT2D eigenvalue weighted by atomic mass is 10.2. The monoisotopic (exact) mass is 298 g/mol. The first-order chi connectivity index (χ1) is 7.11. The van der Waals surface area contributed by atoms with Crippen LogP contribution < -0.4 is 16.6 Å². The second-order valence-electron chi connectivity index (χ2n) is 2.97. The number of amides is 2. The van der Waals surface area contributed by atoms with Gasteiger partial charge in [0.05, 0.1) is 6.04 Å². The van der Waals surface area contributed by atoms with Gasteiger partial charge in [0.15, 0.2) is 0 Å². The molecule has 0 aromatic carbocycles. The number of rotatable bonds is 2. The minimum atomic E-state index is -0.664. The predicted octanol–water partition coefficient (Wildman–Crippen LogP) is -0.791. The fourth-order valence-electron chi connectivity index (χ4n) is 0.808. The van der Waals surface area contributed by atoms with Gasteiger partial charge in [0, 0.05) is 18.0 Å². The quantitative estimate of drug-likeness (QED) is 0.618. The molecule has 18 heavy (non-hydrogen) atoms. The number of aromatic nitrogens is 1. The van der Waals surface area contributed by atoms with Crippen molar-refractivity contribution in [3.8, 4) is 0 Å². The van der Waals surface area contributed by atoms with Crippen molar-refractivity contribution in [2.75, 3.05) is 0 Å².